The highest BCUT2D eigenvalue weighted by Crippen LogP contribution is 2.28. The summed E-state index contributed by atoms with van der Waals surface area (Å²) in [5.41, 5.74) is 1.15. The van der Waals surface area contributed by atoms with E-state index in [4.69, 9.17) is 0 Å². The molecular formula is C13H22N2S. The number of thiazole rings is 1. The first kappa shape index (κ1) is 12.1. The first-order valence-corrected chi connectivity index (χ1v) is 7.16. The third kappa shape index (κ3) is 3.29. The Morgan fingerprint density at radius 3 is 2.56 bits per heavy atom. The van der Waals surface area contributed by atoms with Crippen LogP contribution in [0, 0.1) is 18.8 Å². The maximum atomic E-state index is 4.49. The minimum absolute atomic E-state index is 0.697. The first-order chi connectivity index (χ1) is 7.63. The van der Waals surface area contributed by atoms with Gasteiger partial charge in [0.25, 0.3) is 0 Å². The molecule has 1 aromatic heterocycles. The molecule has 0 bridgehead atoms. The SMILES string of the molecule is Cc1csc(CNC2CC(C)CC(C)C2)n1. The van der Waals surface area contributed by atoms with Crippen LogP contribution in [0.3, 0.4) is 0 Å². The molecule has 0 spiro atoms. The summed E-state index contributed by atoms with van der Waals surface area (Å²) in [6.07, 6.45) is 4.05. The Balaban J connectivity index is 1.81. The molecule has 0 amide bonds. The van der Waals surface area contributed by atoms with Gasteiger partial charge in [0.05, 0.1) is 0 Å². The average molecular weight is 238 g/mol. The van der Waals surface area contributed by atoms with Crippen LogP contribution in [-0.2, 0) is 6.54 Å². The maximum absolute atomic E-state index is 4.49. The zero-order valence-corrected chi connectivity index (χ0v) is 11.3. The number of hydrogen-bond donors (Lipinski definition) is 1. The lowest BCUT2D eigenvalue weighted by atomic mass is 9.80. The lowest BCUT2D eigenvalue weighted by Crippen LogP contribution is -2.35. The van der Waals surface area contributed by atoms with Crippen LogP contribution in [0.5, 0.6) is 0 Å². The fourth-order valence-electron chi connectivity index (χ4n) is 2.83. The van der Waals surface area contributed by atoms with E-state index in [1.807, 2.05) is 0 Å². The Kier molecular flexibility index (Phi) is 3.98. The van der Waals surface area contributed by atoms with Crippen LogP contribution in [0.1, 0.15) is 43.8 Å². The minimum atomic E-state index is 0.697. The average Bonchev–Trinajstić information content (AvgIpc) is 2.60. The predicted molar refractivity (Wildman–Crippen MR) is 69.7 cm³/mol. The van der Waals surface area contributed by atoms with E-state index in [2.05, 4.69) is 36.5 Å². The summed E-state index contributed by atoms with van der Waals surface area (Å²) in [7, 11) is 0. The Bertz CT molecular complexity index is 324. The molecule has 1 aromatic rings. The molecule has 1 fully saturated rings. The van der Waals surface area contributed by atoms with Crippen molar-refractivity contribution >= 4 is 11.3 Å². The molecule has 1 aliphatic rings. The van der Waals surface area contributed by atoms with Gasteiger partial charge in [-0.1, -0.05) is 13.8 Å². The van der Waals surface area contributed by atoms with Crippen molar-refractivity contribution in [3.05, 3.63) is 16.1 Å². The molecule has 1 aliphatic carbocycles. The van der Waals surface area contributed by atoms with Crippen LogP contribution in [0.25, 0.3) is 0 Å². The lowest BCUT2D eigenvalue weighted by molar-refractivity contribution is 0.238. The van der Waals surface area contributed by atoms with Crippen molar-refractivity contribution in [3.8, 4) is 0 Å². The summed E-state index contributed by atoms with van der Waals surface area (Å²) >= 11 is 1.77. The first-order valence-electron chi connectivity index (χ1n) is 6.28. The van der Waals surface area contributed by atoms with Gasteiger partial charge in [0.1, 0.15) is 5.01 Å². The van der Waals surface area contributed by atoms with E-state index in [0.29, 0.717) is 6.04 Å². The fraction of sp³-hybridized carbons (Fsp3) is 0.769. The zero-order chi connectivity index (χ0) is 11.5. The minimum Gasteiger partial charge on any atom is -0.308 e. The van der Waals surface area contributed by atoms with Crippen molar-refractivity contribution in [1.29, 1.82) is 0 Å². The van der Waals surface area contributed by atoms with Crippen LogP contribution in [0.2, 0.25) is 0 Å². The van der Waals surface area contributed by atoms with Crippen LogP contribution in [0.15, 0.2) is 5.38 Å². The van der Waals surface area contributed by atoms with E-state index >= 15 is 0 Å². The van der Waals surface area contributed by atoms with Crippen molar-refractivity contribution in [2.24, 2.45) is 11.8 Å². The smallest absolute Gasteiger partial charge is 0.107 e. The molecular weight excluding hydrogens is 216 g/mol. The predicted octanol–water partition coefficient (Wildman–Crippen LogP) is 3.37. The Labute approximate surface area is 102 Å². The van der Waals surface area contributed by atoms with Gasteiger partial charge in [0.15, 0.2) is 0 Å². The molecule has 90 valence electrons. The molecule has 0 radical (unpaired) electrons. The third-order valence-electron chi connectivity index (χ3n) is 3.39. The summed E-state index contributed by atoms with van der Waals surface area (Å²) in [5.74, 6) is 1.75. The number of aryl methyl sites for hydroxylation is 1. The largest absolute Gasteiger partial charge is 0.308 e. The lowest BCUT2D eigenvalue weighted by Gasteiger charge is -2.31. The molecule has 16 heavy (non-hydrogen) atoms. The molecule has 2 unspecified atom stereocenters. The van der Waals surface area contributed by atoms with E-state index in [1.165, 1.54) is 24.3 Å². The molecule has 0 saturated heterocycles. The quantitative estimate of drug-likeness (QED) is 0.873. The molecule has 3 heteroatoms. The molecule has 1 saturated carbocycles. The van der Waals surface area contributed by atoms with E-state index in [-0.39, 0.29) is 0 Å². The van der Waals surface area contributed by atoms with Crippen LogP contribution < -0.4 is 5.32 Å². The van der Waals surface area contributed by atoms with E-state index < -0.39 is 0 Å². The van der Waals surface area contributed by atoms with Crippen LogP contribution in [-0.4, -0.2) is 11.0 Å². The van der Waals surface area contributed by atoms with Gasteiger partial charge < -0.3 is 5.32 Å². The second-order valence-corrected chi connectivity index (χ2v) is 6.32. The maximum Gasteiger partial charge on any atom is 0.107 e. The number of nitrogens with zero attached hydrogens (tertiary/aromatic N) is 1. The van der Waals surface area contributed by atoms with Gasteiger partial charge >= 0.3 is 0 Å². The Morgan fingerprint density at radius 1 is 1.31 bits per heavy atom. The molecule has 0 aromatic carbocycles. The van der Waals surface area contributed by atoms with Crippen molar-refractivity contribution in [3.63, 3.8) is 0 Å². The third-order valence-corrected chi connectivity index (χ3v) is 4.35. The Morgan fingerprint density at radius 2 is 2.00 bits per heavy atom. The highest BCUT2D eigenvalue weighted by atomic mass is 32.1. The van der Waals surface area contributed by atoms with Gasteiger partial charge in [-0.05, 0) is 38.0 Å². The van der Waals surface area contributed by atoms with Gasteiger partial charge in [-0.3, -0.25) is 0 Å². The number of nitrogens with one attached hydrogen (secondary N) is 1. The summed E-state index contributed by atoms with van der Waals surface area (Å²) in [6.45, 7) is 7.75. The molecule has 2 rings (SSSR count). The Hall–Kier alpha value is -0.410. The van der Waals surface area contributed by atoms with E-state index in [1.54, 1.807) is 11.3 Å². The summed E-state index contributed by atoms with van der Waals surface area (Å²) in [6, 6.07) is 0.697. The number of aromatic nitrogens is 1. The summed E-state index contributed by atoms with van der Waals surface area (Å²) in [5, 5.41) is 7.01. The molecule has 2 nitrogen and oxygen atoms in total. The fourth-order valence-corrected chi connectivity index (χ4v) is 3.55. The van der Waals surface area contributed by atoms with Gasteiger partial charge in [-0.2, -0.15) is 0 Å². The topological polar surface area (TPSA) is 24.9 Å². The van der Waals surface area contributed by atoms with E-state index in [9.17, 15) is 0 Å². The van der Waals surface area contributed by atoms with Crippen molar-refractivity contribution in [1.82, 2.24) is 10.3 Å². The van der Waals surface area contributed by atoms with Crippen LogP contribution in [0.4, 0.5) is 0 Å². The number of hydrogen-bond acceptors (Lipinski definition) is 3. The standard InChI is InChI=1S/C13H22N2S/c1-9-4-10(2)6-12(5-9)14-7-13-15-11(3)8-16-13/h8-10,12,14H,4-7H2,1-3H3. The van der Waals surface area contributed by atoms with Crippen molar-refractivity contribution in [2.45, 2.75) is 52.6 Å². The molecule has 2 atom stereocenters. The van der Waals surface area contributed by atoms with Crippen molar-refractivity contribution < 1.29 is 0 Å². The second kappa shape index (κ2) is 5.28. The summed E-state index contributed by atoms with van der Waals surface area (Å²) < 4.78 is 0. The van der Waals surface area contributed by atoms with Crippen LogP contribution >= 0.6 is 11.3 Å². The molecule has 1 N–H and O–H groups in total. The highest BCUT2D eigenvalue weighted by molar-refractivity contribution is 7.09. The highest BCUT2D eigenvalue weighted by Gasteiger charge is 2.23. The normalized spacial score (nSPS) is 30.6. The van der Waals surface area contributed by atoms with Crippen molar-refractivity contribution in [2.75, 3.05) is 0 Å². The van der Waals surface area contributed by atoms with Gasteiger partial charge in [0, 0.05) is 23.7 Å². The zero-order valence-electron chi connectivity index (χ0n) is 10.5. The molecule has 1 heterocycles. The van der Waals surface area contributed by atoms with Gasteiger partial charge in [-0.25, -0.2) is 4.98 Å². The molecule has 0 aliphatic heterocycles. The second-order valence-electron chi connectivity index (χ2n) is 5.38. The van der Waals surface area contributed by atoms with Gasteiger partial charge in [0.2, 0.25) is 0 Å². The number of rotatable bonds is 3. The van der Waals surface area contributed by atoms with Gasteiger partial charge in [-0.15, -0.1) is 11.3 Å². The summed E-state index contributed by atoms with van der Waals surface area (Å²) in [4.78, 5) is 4.49. The van der Waals surface area contributed by atoms with E-state index in [0.717, 1.165) is 24.1 Å². The monoisotopic (exact) mass is 238 g/mol.